The molecule has 16 heavy (non-hydrogen) atoms. The van der Waals surface area contributed by atoms with Gasteiger partial charge in [-0.2, -0.15) is 0 Å². The van der Waals surface area contributed by atoms with Crippen molar-refractivity contribution in [3.05, 3.63) is 0 Å². The van der Waals surface area contributed by atoms with E-state index in [0.29, 0.717) is 6.04 Å². The zero-order chi connectivity index (χ0) is 12.2. The smallest absolute Gasteiger partial charge is 0.225 e. The number of amides is 1. The summed E-state index contributed by atoms with van der Waals surface area (Å²) in [4.78, 5) is 14.1. The SMILES string of the molecule is COCCN1CC[C@H](NC(=O)C(C)(C)C)C1. The molecule has 94 valence electrons. The number of hydrogen-bond acceptors (Lipinski definition) is 3. The van der Waals surface area contributed by atoms with Crippen LogP contribution in [0, 0.1) is 5.41 Å². The Kier molecular flexibility index (Phi) is 4.74. The molecule has 0 radical (unpaired) electrons. The van der Waals surface area contributed by atoms with Crippen molar-refractivity contribution in [2.75, 3.05) is 33.4 Å². The molecule has 1 amide bonds. The first-order valence-electron chi connectivity index (χ1n) is 5.95. The van der Waals surface area contributed by atoms with Crippen molar-refractivity contribution in [2.45, 2.75) is 33.2 Å². The summed E-state index contributed by atoms with van der Waals surface area (Å²) in [6.45, 7) is 9.56. The van der Waals surface area contributed by atoms with Gasteiger partial charge in [0.1, 0.15) is 0 Å². The number of carbonyl (C=O) groups excluding carboxylic acids is 1. The number of nitrogens with zero attached hydrogens (tertiary/aromatic N) is 1. The lowest BCUT2D eigenvalue weighted by Gasteiger charge is -2.22. The zero-order valence-electron chi connectivity index (χ0n) is 10.9. The largest absolute Gasteiger partial charge is 0.383 e. The van der Waals surface area contributed by atoms with E-state index in [-0.39, 0.29) is 11.3 Å². The van der Waals surface area contributed by atoms with Crippen LogP contribution in [0.1, 0.15) is 27.2 Å². The second kappa shape index (κ2) is 5.64. The first kappa shape index (κ1) is 13.5. The summed E-state index contributed by atoms with van der Waals surface area (Å²) in [7, 11) is 1.72. The molecule has 1 fully saturated rings. The van der Waals surface area contributed by atoms with Crippen molar-refractivity contribution in [3.8, 4) is 0 Å². The second-order valence-corrected chi connectivity index (χ2v) is 5.50. The molecule has 1 aliphatic heterocycles. The average molecular weight is 228 g/mol. The predicted octanol–water partition coefficient (Wildman–Crippen LogP) is 0.869. The van der Waals surface area contributed by atoms with Gasteiger partial charge in [-0.1, -0.05) is 20.8 Å². The summed E-state index contributed by atoms with van der Waals surface area (Å²) in [5.41, 5.74) is -0.292. The van der Waals surface area contributed by atoms with Crippen LogP contribution in [0.25, 0.3) is 0 Å². The molecule has 1 heterocycles. The average Bonchev–Trinajstić information content (AvgIpc) is 2.61. The van der Waals surface area contributed by atoms with Gasteiger partial charge >= 0.3 is 0 Å². The Balaban J connectivity index is 2.29. The van der Waals surface area contributed by atoms with Crippen molar-refractivity contribution in [1.29, 1.82) is 0 Å². The fourth-order valence-electron chi connectivity index (χ4n) is 1.78. The molecule has 0 aromatic carbocycles. The lowest BCUT2D eigenvalue weighted by Crippen LogP contribution is -2.43. The molecule has 0 unspecified atom stereocenters. The van der Waals surface area contributed by atoms with Crippen molar-refractivity contribution in [2.24, 2.45) is 5.41 Å². The van der Waals surface area contributed by atoms with Gasteiger partial charge in [0.2, 0.25) is 5.91 Å². The van der Waals surface area contributed by atoms with Crippen molar-refractivity contribution < 1.29 is 9.53 Å². The van der Waals surface area contributed by atoms with Crippen LogP contribution in [0.5, 0.6) is 0 Å². The summed E-state index contributed by atoms with van der Waals surface area (Å²) < 4.78 is 5.05. The molecule has 1 aliphatic rings. The predicted molar refractivity (Wildman–Crippen MR) is 64.3 cm³/mol. The molecule has 4 nitrogen and oxygen atoms in total. The van der Waals surface area contributed by atoms with Crippen molar-refractivity contribution in [1.82, 2.24) is 10.2 Å². The third kappa shape index (κ3) is 4.10. The van der Waals surface area contributed by atoms with Crippen molar-refractivity contribution in [3.63, 3.8) is 0 Å². The highest BCUT2D eigenvalue weighted by molar-refractivity contribution is 5.81. The highest BCUT2D eigenvalue weighted by atomic mass is 16.5. The maximum absolute atomic E-state index is 11.8. The number of likely N-dealkylation sites (tertiary alicyclic amines) is 1. The first-order chi connectivity index (χ1) is 7.43. The van der Waals surface area contributed by atoms with Crippen LogP contribution in [0.3, 0.4) is 0 Å². The quantitative estimate of drug-likeness (QED) is 0.776. The number of methoxy groups -OCH3 is 1. The van der Waals surface area contributed by atoms with Gasteiger partial charge in [0.15, 0.2) is 0 Å². The molecule has 0 aromatic heterocycles. The molecule has 1 atom stereocenters. The number of ether oxygens (including phenoxy) is 1. The van der Waals surface area contributed by atoms with Gasteiger partial charge in [0.05, 0.1) is 6.61 Å². The molecular formula is C12H24N2O2. The fourth-order valence-corrected chi connectivity index (χ4v) is 1.78. The van der Waals surface area contributed by atoms with E-state index in [0.717, 1.165) is 32.7 Å². The van der Waals surface area contributed by atoms with E-state index in [1.54, 1.807) is 7.11 Å². The van der Waals surface area contributed by atoms with Crippen LogP contribution in [-0.2, 0) is 9.53 Å². The van der Waals surface area contributed by atoms with Gasteiger partial charge in [0.25, 0.3) is 0 Å². The third-order valence-electron chi connectivity index (χ3n) is 2.90. The van der Waals surface area contributed by atoms with Gasteiger partial charge in [-0.3, -0.25) is 9.69 Å². The molecule has 1 saturated heterocycles. The molecule has 0 aromatic rings. The van der Waals surface area contributed by atoms with E-state index < -0.39 is 0 Å². The molecule has 0 spiro atoms. The Morgan fingerprint density at radius 2 is 2.19 bits per heavy atom. The van der Waals surface area contributed by atoms with E-state index in [4.69, 9.17) is 4.74 Å². The van der Waals surface area contributed by atoms with Crippen LogP contribution >= 0.6 is 0 Å². The summed E-state index contributed by atoms with van der Waals surface area (Å²) >= 11 is 0. The van der Waals surface area contributed by atoms with E-state index in [2.05, 4.69) is 10.2 Å². The zero-order valence-corrected chi connectivity index (χ0v) is 10.9. The van der Waals surface area contributed by atoms with Gasteiger partial charge in [0, 0.05) is 38.2 Å². The highest BCUT2D eigenvalue weighted by Crippen LogP contribution is 2.15. The molecule has 1 rings (SSSR count). The molecule has 0 saturated carbocycles. The molecule has 0 bridgehead atoms. The lowest BCUT2D eigenvalue weighted by molar-refractivity contribution is -0.129. The van der Waals surface area contributed by atoms with Crippen LogP contribution in [0.4, 0.5) is 0 Å². The Labute approximate surface area is 98.3 Å². The van der Waals surface area contributed by atoms with Crippen LogP contribution in [0.2, 0.25) is 0 Å². The summed E-state index contributed by atoms with van der Waals surface area (Å²) in [5, 5.41) is 3.10. The standard InChI is InChI=1S/C12H24N2O2/c1-12(2,3)11(15)13-10-5-6-14(9-10)7-8-16-4/h10H,5-9H2,1-4H3,(H,13,15)/t10-/m0/s1. The van der Waals surface area contributed by atoms with Crippen molar-refractivity contribution >= 4 is 5.91 Å². The minimum atomic E-state index is -0.292. The summed E-state index contributed by atoms with van der Waals surface area (Å²) in [6.07, 6.45) is 1.05. The lowest BCUT2D eigenvalue weighted by atomic mass is 9.95. The number of nitrogens with one attached hydrogen (secondary N) is 1. The van der Waals surface area contributed by atoms with Crippen LogP contribution in [0.15, 0.2) is 0 Å². The molecule has 4 heteroatoms. The Morgan fingerprint density at radius 3 is 2.75 bits per heavy atom. The maximum atomic E-state index is 11.8. The molecule has 1 N–H and O–H groups in total. The molecule has 0 aliphatic carbocycles. The highest BCUT2D eigenvalue weighted by Gasteiger charge is 2.28. The third-order valence-corrected chi connectivity index (χ3v) is 2.90. The maximum Gasteiger partial charge on any atom is 0.225 e. The number of hydrogen-bond donors (Lipinski definition) is 1. The van der Waals surface area contributed by atoms with E-state index in [1.165, 1.54) is 0 Å². The monoisotopic (exact) mass is 228 g/mol. The Morgan fingerprint density at radius 1 is 1.50 bits per heavy atom. The van der Waals surface area contributed by atoms with Crippen LogP contribution < -0.4 is 5.32 Å². The van der Waals surface area contributed by atoms with E-state index in [9.17, 15) is 4.79 Å². The second-order valence-electron chi connectivity index (χ2n) is 5.50. The van der Waals surface area contributed by atoms with Gasteiger partial charge in [-0.15, -0.1) is 0 Å². The minimum Gasteiger partial charge on any atom is -0.383 e. The molecular weight excluding hydrogens is 204 g/mol. The summed E-state index contributed by atoms with van der Waals surface area (Å²) in [5.74, 6) is 0.145. The van der Waals surface area contributed by atoms with Gasteiger partial charge < -0.3 is 10.1 Å². The van der Waals surface area contributed by atoms with E-state index >= 15 is 0 Å². The topological polar surface area (TPSA) is 41.6 Å². The van der Waals surface area contributed by atoms with E-state index in [1.807, 2.05) is 20.8 Å². The van der Waals surface area contributed by atoms with Gasteiger partial charge in [-0.25, -0.2) is 0 Å². The first-order valence-corrected chi connectivity index (χ1v) is 5.95. The fraction of sp³-hybridized carbons (Fsp3) is 0.917. The number of carbonyl (C=O) groups is 1. The normalized spacial score (nSPS) is 22.4. The Hall–Kier alpha value is -0.610. The van der Waals surface area contributed by atoms with Crippen LogP contribution in [-0.4, -0.2) is 50.2 Å². The number of rotatable bonds is 4. The minimum absolute atomic E-state index is 0.145. The van der Waals surface area contributed by atoms with Gasteiger partial charge in [-0.05, 0) is 6.42 Å². The summed E-state index contributed by atoms with van der Waals surface area (Å²) in [6, 6.07) is 0.309. The Bertz CT molecular complexity index is 236.